The zero-order valence-corrected chi connectivity index (χ0v) is 13.0. The molecule has 5 nitrogen and oxygen atoms in total. The van der Waals surface area contributed by atoms with E-state index in [0.717, 1.165) is 33.6 Å². The van der Waals surface area contributed by atoms with E-state index in [1.54, 1.807) is 7.11 Å². The number of ether oxygens (including phenoxy) is 2. The molecule has 0 spiro atoms. The predicted molar refractivity (Wildman–Crippen MR) is 90.1 cm³/mol. The number of aromatic nitrogens is 1. The Hall–Kier alpha value is -2.95. The Balaban J connectivity index is 2.02. The lowest BCUT2D eigenvalue weighted by molar-refractivity contribution is -0.133. The van der Waals surface area contributed by atoms with Crippen molar-refractivity contribution in [1.82, 2.24) is 4.98 Å². The van der Waals surface area contributed by atoms with Crippen LogP contribution in [-0.2, 0) is 9.53 Å². The highest BCUT2D eigenvalue weighted by Crippen LogP contribution is 2.34. The third kappa shape index (κ3) is 2.99. The van der Waals surface area contributed by atoms with Gasteiger partial charge in [0.15, 0.2) is 0 Å². The van der Waals surface area contributed by atoms with Gasteiger partial charge in [-0.2, -0.15) is 0 Å². The molecule has 3 aromatic rings. The first kappa shape index (κ1) is 15.0. The molecule has 0 amide bonds. The number of benzene rings is 2. The number of rotatable bonds is 6. The summed E-state index contributed by atoms with van der Waals surface area (Å²) in [6, 6.07) is 13.7. The SMILES string of the molecule is COc1cccc(Nc2cccc3[nH]cc(C(C)OC=O)c23)c1. The highest BCUT2D eigenvalue weighted by molar-refractivity contribution is 5.96. The number of methoxy groups -OCH3 is 1. The van der Waals surface area contributed by atoms with Gasteiger partial charge in [0.2, 0.25) is 0 Å². The topological polar surface area (TPSA) is 63.4 Å². The Morgan fingerprint density at radius 1 is 1.22 bits per heavy atom. The summed E-state index contributed by atoms with van der Waals surface area (Å²) in [5.41, 5.74) is 3.77. The molecule has 0 aliphatic heterocycles. The average molecular weight is 310 g/mol. The number of hydrogen-bond donors (Lipinski definition) is 2. The monoisotopic (exact) mass is 310 g/mol. The molecular weight excluding hydrogens is 292 g/mol. The Kier molecular flexibility index (Phi) is 4.19. The number of H-pyrrole nitrogens is 1. The summed E-state index contributed by atoms with van der Waals surface area (Å²) in [4.78, 5) is 13.8. The molecule has 1 atom stereocenters. The van der Waals surface area contributed by atoms with Crippen LogP contribution in [0.1, 0.15) is 18.6 Å². The third-order valence-corrected chi connectivity index (χ3v) is 3.78. The molecule has 23 heavy (non-hydrogen) atoms. The Morgan fingerprint density at radius 3 is 2.83 bits per heavy atom. The van der Waals surface area contributed by atoms with Gasteiger partial charge < -0.3 is 19.8 Å². The smallest absolute Gasteiger partial charge is 0.293 e. The van der Waals surface area contributed by atoms with E-state index in [1.165, 1.54) is 0 Å². The van der Waals surface area contributed by atoms with Gasteiger partial charge >= 0.3 is 0 Å². The molecule has 2 aromatic carbocycles. The second-order valence-corrected chi connectivity index (χ2v) is 5.20. The van der Waals surface area contributed by atoms with Gasteiger partial charge in [0, 0.05) is 40.1 Å². The first-order chi connectivity index (χ1) is 11.2. The quantitative estimate of drug-likeness (QED) is 0.671. The minimum Gasteiger partial charge on any atom is -0.497 e. The fourth-order valence-corrected chi connectivity index (χ4v) is 2.65. The molecule has 0 fully saturated rings. The van der Waals surface area contributed by atoms with E-state index in [0.29, 0.717) is 6.47 Å². The number of carbonyl (C=O) groups excluding carboxylic acids is 1. The molecule has 1 unspecified atom stereocenters. The zero-order valence-electron chi connectivity index (χ0n) is 13.0. The van der Waals surface area contributed by atoms with Gasteiger partial charge in [-0.05, 0) is 31.2 Å². The van der Waals surface area contributed by atoms with Crippen LogP contribution in [-0.4, -0.2) is 18.6 Å². The van der Waals surface area contributed by atoms with E-state index < -0.39 is 0 Å². The van der Waals surface area contributed by atoms with Crippen molar-refractivity contribution in [2.45, 2.75) is 13.0 Å². The molecule has 0 saturated heterocycles. The van der Waals surface area contributed by atoms with Crippen LogP contribution < -0.4 is 10.1 Å². The Morgan fingerprint density at radius 2 is 2.04 bits per heavy atom. The summed E-state index contributed by atoms with van der Waals surface area (Å²) in [6.45, 7) is 2.32. The summed E-state index contributed by atoms with van der Waals surface area (Å²) in [5, 5.41) is 4.41. The fourth-order valence-electron chi connectivity index (χ4n) is 2.65. The van der Waals surface area contributed by atoms with Crippen LogP contribution in [0.5, 0.6) is 5.75 Å². The van der Waals surface area contributed by atoms with Crippen LogP contribution in [0.2, 0.25) is 0 Å². The maximum absolute atomic E-state index is 10.6. The number of carbonyl (C=O) groups is 1. The molecular formula is C18H18N2O3. The summed E-state index contributed by atoms with van der Waals surface area (Å²) < 4.78 is 10.3. The van der Waals surface area contributed by atoms with E-state index in [4.69, 9.17) is 9.47 Å². The molecule has 1 aromatic heterocycles. The zero-order chi connectivity index (χ0) is 16.2. The van der Waals surface area contributed by atoms with Gasteiger partial charge in [0.25, 0.3) is 6.47 Å². The number of hydrogen-bond acceptors (Lipinski definition) is 4. The molecule has 1 heterocycles. The molecule has 2 N–H and O–H groups in total. The van der Waals surface area contributed by atoms with Crippen molar-refractivity contribution in [2.24, 2.45) is 0 Å². The van der Waals surface area contributed by atoms with Crippen molar-refractivity contribution in [2.75, 3.05) is 12.4 Å². The number of nitrogens with one attached hydrogen (secondary N) is 2. The minimum absolute atomic E-state index is 0.325. The lowest BCUT2D eigenvalue weighted by atomic mass is 10.1. The first-order valence-corrected chi connectivity index (χ1v) is 7.33. The van der Waals surface area contributed by atoms with Crippen molar-refractivity contribution in [3.63, 3.8) is 0 Å². The van der Waals surface area contributed by atoms with Gasteiger partial charge in [-0.3, -0.25) is 4.79 Å². The molecule has 118 valence electrons. The molecule has 5 heteroatoms. The lowest BCUT2D eigenvalue weighted by Crippen LogP contribution is -1.99. The van der Waals surface area contributed by atoms with Crippen molar-refractivity contribution in [3.8, 4) is 5.75 Å². The van der Waals surface area contributed by atoms with Gasteiger partial charge in [0.05, 0.1) is 7.11 Å². The molecule has 0 bridgehead atoms. The average Bonchev–Trinajstić information content (AvgIpc) is 3.00. The normalized spacial score (nSPS) is 11.9. The molecule has 0 radical (unpaired) electrons. The van der Waals surface area contributed by atoms with Crippen molar-refractivity contribution in [1.29, 1.82) is 0 Å². The number of aromatic amines is 1. The fraction of sp³-hybridized carbons (Fsp3) is 0.167. The van der Waals surface area contributed by atoms with E-state index in [1.807, 2.05) is 55.6 Å². The summed E-state index contributed by atoms with van der Waals surface area (Å²) in [5.74, 6) is 0.786. The predicted octanol–water partition coefficient (Wildman–Crippen LogP) is 4.15. The third-order valence-electron chi connectivity index (χ3n) is 3.78. The molecule has 0 saturated carbocycles. The van der Waals surface area contributed by atoms with E-state index in [-0.39, 0.29) is 6.10 Å². The lowest BCUT2D eigenvalue weighted by Gasteiger charge is -2.13. The van der Waals surface area contributed by atoms with Crippen molar-refractivity contribution >= 4 is 28.7 Å². The van der Waals surface area contributed by atoms with E-state index >= 15 is 0 Å². The standard InChI is InChI=1S/C18H18N2O3/c1-12(23-11-21)15-10-19-16-7-4-8-17(18(15)16)20-13-5-3-6-14(9-13)22-2/h3-12,19-20H,1-2H3. The minimum atomic E-state index is -0.325. The van der Waals surface area contributed by atoms with Gasteiger partial charge in [-0.15, -0.1) is 0 Å². The van der Waals surface area contributed by atoms with Crippen LogP contribution in [0.15, 0.2) is 48.7 Å². The van der Waals surface area contributed by atoms with Gasteiger partial charge in [0.1, 0.15) is 11.9 Å². The van der Waals surface area contributed by atoms with E-state index in [9.17, 15) is 4.79 Å². The second kappa shape index (κ2) is 6.44. The molecule has 0 aliphatic rings. The number of fused-ring (bicyclic) bond motifs is 1. The Labute approximate surface area is 134 Å². The summed E-state index contributed by atoms with van der Waals surface area (Å²) in [6.07, 6.45) is 1.55. The summed E-state index contributed by atoms with van der Waals surface area (Å²) >= 11 is 0. The van der Waals surface area contributed by atoms with Crippen LogP contribution >= 0.6 is 0 Å². The van der Waals surface area contributed by atoms with Crippen LogP contribution in [0.4, 0.5) is 11.4 Å². The number of anilines is 2. The Bertz CT molecular complexity index is 826. The largest absolute Gasteiger partial charge is 0.497 e. The first-order valence-electron chi connectivity index (χ1n) is 7.33. The van der Waals surface area contributed by atoms with Crippen LogP contribution in [0, 0.1) is 0 Å². The maximum atomic E-state index is 10.6. The van der Waals surface area contributed by atoms with Gasteiger partial charge in [-0.25, -0.2) is 0 Å². The maximum Gasteiger partial charge on any atom is 0.293 e. The van der Waals surface area contributed by atoms with Gasteiger partial charge in [-0.1, -0.05) is 12.1 Å². The van der Waals surface area contributed by atoms with Crippen LogP contribution in [0.3, 0.4) is 0 Å². The van der Waals surface area contributed by atoms with E-state index in [2.05, 4.69) is 10.3 Å². The highest BCUT2D eigenvalue weighted by atomic mass is 16.5. The summed E-state index contributed by atoms with van der Waals surface area (Å²) in [7, 11) is 1.64. The highest BCUT2D eigenvalue weighted by Gasteiger charge is 2.15. The van der Waals surface area contributed by atoms with Crippen molar-refractivity contribution < 1.29 is 14.3 Å². The molecule has 3 rings (SSSR count). The molecule has 0 aliphatic carbocycles. The van der Waals surface area contributed by atoms with Crippen molar-refractivity contribution in [3.05, 3.63) is 54.2 Å². The van der Waals surface area contributed by atoms with Crippen LogP contribution in [0.25, 0.3) is 10.9 Å². The second-order valence-electron chi connectivity index (χ2n) is 5.20.